The molecule has 2 saturated heterocycles. The van der Waals surface area contributed by atoms with Crippen molar-refractivity contribution in [2.75, 3.05) is 36.4 Å². The molecule has 4 rings (SSSR count). The Balaban J connectivity index is 1.52. The number of carbonyl (C=O) groups is 1. The second kappa shape index (κ2) is 9.36. The highest BCUT2D eigenvalue weighted by molar-refractivity contribution is 7.89. The van der Waals surface area contributed by atoms with Gasteiger partial charge < -0.3 is 10.2 Å². The molecule has 0 bridgehead atoms. The summed E-state index contributed by atoms with van der Waals surface area (Å²) >= 11 is 0. The van der Waals surface area contributed by atoms with Crippen LogP contribution in [0.4, 0.5) is 15.8 Å². The number of carbonyl (C=O) groups excluding carboxylic acids is 1. The van der Waals surface area contributed by atoms with Crippen LogP contribution in [0.5, 0.6) is 0 Å². The Morgan fingerprint density at radius 1 is 0.839 bits per heavy atom. The van der Waals surface area contributed by atoms with Crippen LogP contribution in [-0.2, 0) is 10.0 Å². The van der Waals surface area contributed by atoms with E-state index in [0.29, 0.717) is 18.8 Å². The maximum Gasteiger partial charge on any atom is 0.255 e. The first-order chi connectivity index (χ1) is 15.0. The number of amides is 1. The van der Waals surface area contributed by atoms with Crippen LogP contribution in [0.2, 0.25) is 0 Å². The highest BCUT2D eigenvalue weighted by Crippen LogP contribution is 2.31. The second-order valence-corrected chi connectivity index (χ2v) is 10.1. The van der Waals surface area contributed by atoms with E-state index in [9.17, 15) is 17.6 Å². The molecule has 2 aromatic carbocycles. The lowest BCUT2D eigenvalue weighted by Crippen LogP contribution is -2.32. The average molecular weight is 446 g/mol. The van der Waals surface area contributed by atoms with Gasteiger partial charge in [-0.05, 0) is 62.1 Å². The summed E-state index contributed by atoms with van der Waals surface area (Å²) in [5.41, 5.74) is 1.12. The summed E-state index contributed by atoms with van der Waals surface area (Å²) in [5.74, 6) is -0.956. The number of hydrogen-bond acceptors (Lipinski definition) is 4. The lowest BCUT2D eigenvalue weighted by molar-refractivity contribution is 0.102. The molecule has 1 amide bonds. The fourth-order valence-electron chi connectivity index (χ4n) is 4.25. The lowest BCUT2D eigenvalue weighted by atomic mass is 10.2. The van der Waals surface area contributed by atoms with Crippen LogP contribution in [0.15, 0.2) is 47.4 Å². The zero-order chi connectivity index (χ0) is 21.8. The Labute approximate surface area is 183 Å². The smallest absolute Gasteiger partial charge is 0.255 e. The second-order valence-electron chi connectivity index (χ2n) is 8.12. The van der Waals surface area contributed by atoms with Crippen molar-refractivity contribution in [3.8, 4) is 0 Å². The van der Waals surface area contributed by atoms with Crippen LogP contribution in [0, 0.1) is 5.82 Å². The van der Waals surface area contributed by atoms with Crippen molar-refractivity contribution in [3.63, 3.8) is 0 Å². The molecule has 1 N–H and O–H groups in total. The molecule has 2 aromatic rings. The number of rotatable bonds is 5. The molecule has 0 aliphatic carbocycles. The van der Waals surface area contributed by atoms with Crippen LogP contribution >= 0.6 is 0 Å². The topological polar surface area (TPSA) is 69.7 Å². The van der Waals surface area contributed by atoms with Crippen LogP contribution in [0.1, 0.15) is 48.9 Å². The molecule has 0 spiro atoms. The lowest BCUT2D eigenvalue weighted by Gasteiger charge is -2.22. The normalized spacial score (nSPS) is 18.0. The third-order valence-corrected chi connectivity index (χ3v) is 7.91. The van der Waals surface area contributed by atoms with Crippen molar-refractivity contribution in [1.29, 1.82) is 0 Å². The van der Waals surface area contributed by atoms with E-state index in [4.69, 9.17) is 0 Å². The van der Waals surface area contributed by atoms with Crippen molar-refractivity contribution in [2.45, 2.75) is 43.4 Å². The van der Waals surface area contributed by atoms with Gasteiger partial charge in [0.25, 0.3) is 5.91 Å². The van der Waals surface area contributed by atoms with E-state index in [2.05, 4.69) is 10.2 Å². The Morgan fingerprint density at radius 3 is 2.10 bits per heavy atom. The van der Waals surface area contributed by atoms with Crippen LogP contribution in [-0.4, -0.2) is 44.8 Å². The van der Waals surface area contributed by atoms with Gasteiger partial charge in [-0.15, -0.1) is 0 Å². The molecular weight excluding hydrogens is 417 g/mol. The molecule has 8 heteroatoms. The molecule has 0 atom stereocenters. The number of benzene rings is 2. The summed E-state index contributed by atoms with van der Waals surface area (Å²) in [4.78, 5) is 15.0. The highest BCUT2D eigenvalue weighted by atomic mass is 32.2. The molecule has 2 fully saturated rings. The zero-order valence-corrected chi connectivity index (χ0v) is 18.3. The standard InChI is InChI=1S/C23H28FN3O3S/c24-20-8-7-9-21(26-14-5-6-15-26)22(20)25-23(28)18-10-12-19(13-11-18)31(29,30)27-16-3-1-2-4-17-27/h7-13H,1-6,14-17H2,(H,25,28). The third-order valence-electron chi connectivity index (χ3n) is 6.00. The minimum atomic E-state index is -3.58. The van der Waals surface area contributed by atoms with Gasteiger partial charge in [0, 0.05) is 31.7 Å². The number of para-hydroxylation sites is 1. The van der Waals surface area contributed by atoms with E-state index in [-0.39, 0.29) is 16.1 Å². The van der Waals surface area contributed by atoms with Crippen molar-refractivity contribution < 1.29 is 17.6 Å². The van der Waals surface area contributed by atoms with E-state index in [1.165, 1.54) is 34.6 Å². The molecule has 0 radical (unpaired) electrons. The first kappa shape index (κ1) is 21.8. The maximum absolute atomic E-state index is 14.5. The maximum atomic E-state index is 14.5. The van der Waals surface area contributed by atoms with E-state index < -0.39 is 21.7 Å². The fraction of sp³-hybridized carbons (Fsp3) is 0.435. The van der Waals surface area contributed by atoms with Gasteiger partial charge in [0.15, 0.2) is 0 Å². The number of nitrogens with zero attached hydrogens (tertiary/aromatic N) is 2. The average Bonchev–Trinajstić information content (AvgIpc) is 3.16. The summed E-state index contributed by atoms with van der Waals surface area (Å²) in [6.45, 7) is 2.71. The zero-order valence-electron chi connectivity index (χ0n) is 17.5. The molecule has 2 aliphatic rings. The number of hydrogen-bond donors (Lipinski definition) is 1. The van der Waals surface area contributed by atoms with Gasteiger partial charge in [-0.1, -0.05) is 18.9 Å². The molecule has 2 aliphatic heterocycles. The number of halogens is 1. The first-order valence-electron chi connectivity index (χ1n) is 10.9. The van der Waals surface area contributed by atoms with Crippen molar-refractivity contribution >= 4 is 27.3 Å². The summed E-state index contributed by atoms with van der Waals surface area (Å²) < 4.78 is 41.9. The van der Waals surface area contributed by atoms with Crippen molar-refractivity contribution in [1.82, 2.24) is 4.31 Å². The van der Waals surface area contributed by atoms with E-state index >= 15 is 0 Å². The minimum absolute atomic E-state index is 0.163. The van der Waals surface area contributed by atoms with Crippen LogP contribution < -0.4 is 10.2 Å². The molecule has 6 nitrogen and oxygen atoms in total. The van der Waals surface area contributed by atoms with Crippen molar-refractivity contribution in [2.24, 2.45) is 0 Å². The number of sulfonamides is 1. The largest absolute Gasteiger partial charge is 0.370 e. The highest BCUT2D eigenvalue weighted by Gasteiger charge is 2.25. The SMILES string of the molecule is O=C(Nc1c(F)cccc1N1CCCC1)c1ccc(S(=O)(=O)N2CCCCCC2)cc1. The van der Waals surface area contributed by atoms with Crippen LogP contribution in [0.3, 0.4) is 0 Å². The quantitative estimate of drug-likeness (QED) is 0.747. The van der Waals surface area contributed by atoms with Gasteiger partial charge in [-0.2, -0.15) is 4.31 Å². The fourth-order valence-corrected chi connectivity index (χ4v) is 5.77. The van der Waals surface area contributed by atoms with Gasteiger partial charge in [-0.3, -0.25) is 4.79 Å². The Hall–Kier alpha value is -2.45. The Kier molecular flexibility index (Phi) is 6.57. The van der Waals surface area contributed by atoms with Crippen LogP contribution in [0.25, 0.3) is 0 Å². The van der Waals surface area contributed by atoms with Gasteiger partial charge in [0.05, 0.1) is 10.6 Å². The number of nitrogens with one attached hydrogen (secondary N) is 1. The molecule has 0 unspecified atom stereocenters. The molecule has 166 valence electrons. The Bertz CT molecular complexity index is 1030. The van der Waals surface area contributed by atoms with Gasteiger partial charge >= 0.3 is 0 Å². The predicted octanol–water partition coefficient (Wildman–Crippen LogP) is 4.24. The summed E-state index contributed by atoms with van der Waals surface area (Å²) in [6.07, 6.45) is 5.89. The molecule has 0 saturated carbocycles. The monoisotopic (exact) mass is 445 g/mol. The molecule has 2 heterocycles. The van der Waals surface area contributed by atoms with Crippen molar-refractivity contribution in [3.05, 3.63) is 53.8 Å². The van der Waals surface area contributed by atoms with Gasteiger partial charge in [0.2, 0.25) is 10.0 Å². The van der Waals surface area contributed by atoms with Gasteiger partial charge in [0.1, 0.15) is 11.5 Å². The van der Waals surface area contributed by atoms with E-state index in [0.717, 1.165) is 51.6 Å². The van der Waals surface area contributed by atoms with E-state index in [1.807, 2.05) is 0 Å². The van der Waals surface area contributed by atoms with E-state index in [1.54, 1.807) is 12.1 Å². The predicted molar refractivity (Wildman–Crippen MR) is 119 cm³/mol. The summed E-state index contributed by atoms with van der Waals surface area (Å²) in [7, 11) is -3.58. The molecule has 0 aromatic heterocycles. The molecule has 31 heavy (non-hydrogen) atoms. The van der Waals surface area contributed by atoms with Gasteiger partial charge in [-0.25, -0.2) is 12.8 Å². The minimum Gasteiger partial charge on any atom is -0.370 e. The first-order valence-corrected chi connectivity index (χ1v) is 12.4. The number of anilines is 2. The molecular formula is C23H28FN3O3S. The third kappa shape index (κ3) is 4.75. The summed E-state index contributed by atoms with van der Waals surface area (Å²) in [6, 6.07) is 10.6. The Morgan fingerprint density at radius 2 is 1.45 bits per heavy atom. The summed E-state index contributed by atoms with van der Waals surface area (Å²) in [5, 5.41) is 2.69.